The molecule has 0 amide bonds. The fourth-order valence-electron chi connectivity index (χ4n) is 1.78. The maximum Gasteiger partial charge on any atom is 0.168 e. The Hall–Kier alpha value is -0.780. The second-order valence-electron chi connectivity index (χ2n) is 3.95. The van der Waals surface area contributed by atoms with E-state index < -0.39 is 5.82 Å². The molecule has 5 heteroatoms. The third-order valence-electron chi connectivity index (χ3n) is 2.65. The monoisotopic (exact) mass is 301 g/mol. The summed E-state index contributed by atoms with van der Waals surface area (Å²) in [5, 5.41) is 3.14. The van der Waals surface area contributed by atoms with E-state index in [1.54, 1.807) is 6.07 Å². The van der Waals surface area contributed by atoms with Crippen LogP contribution in [0.3, 0.4) is 0 Å². The summed E-state index contributed by atoms with van der Waals surface area (Å²) < 4.78 is 19.6. The predicted molar refractivity (Wildman–Crippen MR) is 65.7 cm³/mol. The predicted octanol–water partition coefficient (Wildman–Crippen LogP) is 2.15. The van der Waals surface area contributed by atoms with Gasteiger partial charge in [-0.2, -0.15) is 0 Å². The first-order valence-corrected chi connectivity index (χ1v) is 6.26. The molecule has 0 spiro atoms. The molecule has 1 N–H and O–H groups in total. The largest absolute Gasteiger partial charge is 0.375 e. The van der Waals surface area contributed by atoms with Crippen molar-refractivity contribution in [3.8, 4) is 0 Å². The highest BCUT2D eigenvalue weighted by Gasteiger charge is 2.20. The number of benzene rings is 1. The smallest absolute Gasteiger partial charge is 0.168 e. The van der Waals surface area contributed by atoms with Gasteiger partial charge in [0.1, 0.15) is 5.82 Å². The molecule has 1 heterocycles. The number of ketones is 1. The molecule has 1 unspecified atom stereocenters. The van der Waals surface area contributed by atoms with Crippen molar-refractivity contribution in [2.24, 2.45) is 0 Å². The minimum atomic E-state index is -0.484. The van der Waals surface area contributed by atoms with Crippen LogP contribution >= 0.6 is 15.9 Å². The van der Waals surface area contributed by atoms with Crippen LogP contribution in [0.5, 0.6) is 0 Å². The van der Waals surface area contributed by atoms with Crippen LogP contribution in [0.1, 0.15) is 16.8 Å². The van der Waals surface area contributed by atoms with Crippen LogP contribution in [-0.2, 0) is 4.74 Å². The highest BCUT2D eigenvalue weighted by Crippen LogP contribution is 2.18. The molecule has 0 bridgehead atoms. The highest BCUT2D eigenvalue weighted by molar-refractivity contribution is 9.10. The molecule has 0 aliphatic carbocycles. The molecule has 0 saturated carbocycles. The van der Waals surface area contributed by atoms with E-state index in [9.17, 15) is 9.18 Å². The minimum absolute atomic E-state index is 0.119. The van der Waals surface area contributed by atoms with Crippen molar-refractivity contribution in [1.29, 1.82) is 0 Å². The molecule has 1 aromatic rings. The van der Waals surface area contributed by atoms with Crippen molar-refractivity contribution >= 4 is 21.7 Å². The average Bonchev–Trinajstić information content (AvgIpc) is 2.33. The van der Waals surface area contributed by atoms with Crippen molar-refractivity contribution in [3.63, 3.8) is 0 Å². The number of carbonyl (C=O) groups excluding carboxylic acids is 1. The van der Waals surface area contributed by atoms with Gasteiger partial charge in [-0.05, 0) is 18.2 Å². The van der Waals surface area contributed by atoms with Crippen LogP contribution < -0.4 is 5.32 Å². The summed E-state index contributed by atoms with van der Waals surface area (Å²) in [6, 6.07) is 4.37. The van der Waals surface area contributed by atoms with E-state index in [1.165, 1.54) is 12.1 Å². The fourth-order valence-corrected chi connectivity index (χ4v) is 2.14. The highest BCUT2D eigenvalue weighted by atomic mass is 79.9. The van der Waals surface area contributed by atoms with Crippen molar-refractivity contribution in [2.75, 3.05) is 19.7 Å². The van der Waals surface area contributed by atoms with E-state index in [2.05, 4.69) is 21.2 Å². The van der Waals surface area contributed by atoms with Gasteiger partial charge in [-0.1, -0.05) is 15.9 Å². The van der Waals surface area contributed by atoms with E-state index in [-0.39, 0.29) is 23.9 Å². The summed E-state index contributed by atoms with van der Waals surface area (Å²) in [6.07, 6.45) is 0.0510. The van der Waals surface area contributed by atoms with Gasteiger partial charge in [0.05, 0.1) is 18.3 Å². The standard InChI is InChI=1S/C12H13BrFNO2/c13-8-1-2-11(14)10(5-8)12(16)6-9-7-15-3-4-17-9/h1-2,5,9,15H,3-4,6-7H2. The summed E-state index contributed by atoms with van der Waals surface area (Å²) in [4.78, 5) is 11.9. The molecule has 1 fully saturated rings. The molecule has 2 rings (SSSR count). The maximum absolute atomic E-state index is 13.5. The molecule has 0 radical (unpaired) electrons. The maximum atomic E-state index is 13.5. The van der Waals surface area contributed by atoms with E-state index in [4.69, 9.17) is 4.74 Å². The zero-order valence-corrected chi connectivity index (χ0v) is 10.8. The van der Waals surface area contributed by atoms with Crippen molar-refractivity contribution < 1.29 is 13.9 Å². The number of morpholine rings is 1. The molecule has 1 aliphatic heterocycles. The summed E-state index contributed by atoms with van der Waals surface area (Å²) in [7, 11) is 0. The zero-order chi connectivity index (χ0) is 12.3. The summed E-state index contributed by atoms with van der Waals surface area (Å²) in [5.74, 6) is -0.709. The Morgan fingerprint density at radius 1 is 1.59 bits per heavy atom. The van der Waals surface area contributed by atoms with E-state index in [0.29, 0.717) is 17.6 Å². The summed E-state index contributed by atoms with van der Waals surface area (Å²) >= 11 is 3.23. The Balaban J connectivity index is 2.05. The lowest BCUT2D eigenvalue weighted by atomic mass is 10.0. The van der Waals surface area contributed by atoms with E-state index in [0.717, 1.165) is 6.54 Å². The second kappa shape index (κ2) is 5.71. The van der Waals surface area contributed by atoms with Crippen molar-refractivity contribution in [2.45, 2.75) is 12.5 Å². The molecule has 1 aliphatic rings. The lowest BCUT2D eigenvalue weighted by Crippen LogP contribution is -2.39. The van der Waals surface area contributed by atoms with Gasteiger partial charge in [0.2, 0.25) is 0 Å². The average molecular weight is 302 g/mol. The Morgan fingerprint density at radius 3 is 3.12 bits per heavy atom. The van der Waals surface area contributed by atoms with Gasteiger partial charge in [0, 0.05) is 24.0 Å². The molecule has 3 nitrogen and oxygen atoms in total. The molecular weight excluding hydrogens is 289 g/mol. The van der Waals surface area contributed by atoms with Gasteiger partial charge in [-0.3, -0.25) is 4.79 Å². The first kappa shape index (κ1) is 12.7. The molecular formula is C12H13BrFNO2. The van der Waals surface area contributed by atoms with E-state index >= 15 is 0 Å². The quantitative estimate of drug-likeness (QED) is 0.870. The minimum Gasteiger partial charge on any atom is -0.375 e. The Morgan fingerprint density at radius 2 is 2.41 bits per heavy atom. The molecule has 17 heavy (non-hydrogen) atoms. The van der Waals surface area contributed by atoms with Crippen LogP contribution in [0, 0.1) is 5.82 Å². The lowest BCUT2D eigenvalue weighted by molar-refractivity contribution is 0.0239. The number of nitrogens with one attached hydrogen (secondary N) is 1. The van der Waals surface area contributed by atoms with Gasteiger partial charge < -0.3 is 10.1 Å². The molecule has 1 saturated heterocycles. The number of hydrogen-bond acceptors (Lipinski definition) is 3. The van der Waals surface area contributed by atoms with Crippen LogP contribution in [-0.4, -0.2) is 31.6 Å². The number of ether oxygens (including phenoxy) is 1. The fraction of sp³-hybridized carbons (Fsp3) is 0.417. The molecule has 1 atom stereocenters. The topological polar surface area (TPSA) is 38.3 Å². The van der Waals surface area contributed by atoms with E-state index in [1.807, 2.05) is 0 Å². The summed E-state index contributed by atoms with van der Waals surface area (Å²) in [5.41, 5.74) is 0.119. The van der Waals surface area contributed by atoms with Gasteiger partial charge in [0.25, 0.3) is 0 Å². The van der Waals surface area contributed by atoms with Gasteiger partial charge in [0.15, 0.2) is 5.78 Å². The summed E-state index contributed by atoms with van der Waals surface area (Å²) in [6.45, 7) is 2.04. The number of rotatable bonds is 3. The van der Waals surface area contributed by atoms with Crippen molar-refractivity contribution in [3.05, 3.63) is 34.1 Å². The van der Waals surface area contributed by atoms with Gasteiger partial charge in [-0.15, -0.1) is 0 Å². The normalized spacial score (nSPS) is 20.2. The molecule has 1 aromatic carbocycles. The Kier molecular flexibility index (Phi) is 4.25. The SMILES string of the molecule is O=C(CC1CNCCO1)c1cc(Br)ccc1F. The first-order valence-electron chi connectivity index (χ1n) is 5.47. The van der Waals surface area contributed by atoms with Crippen LogP contribution in [0.2, 0.25) is 0 Å². The number of halogens is 2. The first-order chi connectivity index (χ1) is 8.16. The van der Waals surface area contributed by atoms with Gasteiger partial charge in [-0.25, -0.2) is 4.39 Å². The van der Waals surface area contributed by atoms with Crippen LogP contribution in [0.4, 0.5) is 4.39 Å². The number of Topliss-reactive ketones (excluding diaryl/α,β-unsaturated/α-hetero) is 1. The number of hydrogen-bond donors (Lipinski definition) is 1. The Bertz CT molecular complexity index is 419. The van der Waals surface area contributed by atoms with Crippen LogP contribution in [0.25, 0.3) is 0 Å². The lowest BCUT2D eigenvalue weighted by Gasteiger charge is -2.23. The van der Waals surface area contributed by atoms with Gasteiger partial charge >= 0.3 is 0 Å². The van der Waals surface area contributed by atoms with Crippen molar-refractivity contribution in [1.82, 2.24) is 5.32 Å². The molecule has 0 aromatic heterocycles. The number of carbonyl (C=O) groups is 1. The molecule has 92 valence electrons. The third kappa shape index (κ3) is 3.34. The zero-order valence-electron chi connectivity index (χ0n) is 9.21. The van der Waals surface area contributed by atoms with Crippen LogP contribution in [0.15, 0.2) is 22.7 Å². The third-order valence-corrected chi connectivity index (χ3v) is 3.14. The second-order valence-corrected chi connectivity index (χ2v) is 4.86. The Labute approximate surface area is 107 Å².